The van der Waals surface area contributed by atoms with Crippen molar-refractivity contribution in [3.05, 3.63) is 42.1 Å². The number of hydrogen-bond acceptors (Lipinski definition) is 3. The van der Waals surface area contributed by atoms with Crippen LogP contribution in [0.3, 0.4) is 0 Å². The van der Waals surface area contributed by atoms with Crippen molar-refractivity contribution in [3.8, 4) is 17.3 Å². The lowest BCUT2D eigenvalue weighted by molar-refractivity contribution is 0.593. The third kappa shape index (κ3) is 3.64. The molecule has 5 nitrogen and oxygen atoms in total. The van der Waals surface area contributed by atoms with Gasteiger partial charge in [0, 0.05) is 17.1 Å². The number of nitrogens with one attached hydrogen (secondary N) is 2. The Bertz CT molecular complexity index is 753. The molecule has 0 amide bonds. The van der Waals surface area contributed by atoms with Crippen LogP contribution < -0.4 is 4.72 Å². The first kappa shape index (κ1) is 15.1. The monoisotopic (exact) mass is 303 g/mol. The fourth-order valence-corrected chi connectivity index (χ4v) is 2.50. The quantitative estimate of drug-likeness (QED) is 0.890. The summed E-state index contributed by atoms with van der Waals surface area (Å²) in [6, 6.07) is 13.0. The van der Waals surface area contributed by atoms with Crippen molar-refractivity contribution in [2.24, 2.45) is 0 Å². The van der Waals surface area contributed by atoms with Crippen LogP contribution in [0.4, 0.5) is 5.69 Å². The Labute approximate surface area is 124 Å². The number of nitriles is 1. The topological polar surface area (TPSA) is 85.8 Å². The molecule has 110 valence electrons. The van der Waals surface area contributed by atoms with Crippen molar-refractivity contribution in [1.82, 2.24) is 4.98 Å². The van der Waals surface area contributed by atoms with Crippen LogP contribution in [0.5, 0.6) is 0 Å². The maximum atomic E-state index is 11.8. The average molecular weight is 303 g/mol. The molecule has 1 aromatic heterocycles. The Morgan fingerprint density at radius 2 is 1.86 bits per heavy atom. The Kier molecular flexibility index (Phi) is 4.34. The van der Waals surface area contributed by atoms with Gasteiger partial charge in [-0.15, -0.1) is 0 Å². The van der Waals surface area contributed by atoms with Gasteiger partial charge in [0.15, 0.2) is 0 Å². The number of benzene rings is 1. The maximum absolute atomic E-state index is 11.8. The zero-order valence-corrected chi connectivity index (χ0v) is 12.7. The Hall–Kier alpha value is -2.26. The lowest BCUT2D eigenvalue weighted by Crippen LogP contribution is -2.22. The number of H-pyrrole nitrogens is 1. The maximum Gasteiger partial charge on any atom is 0.235 e. The molecule has 0 aliphatic carbocycles. The van der Waals surface area contributed by atoms with Gasteiger partial charge in [-0.2, -0.15) is 5.26 Å². The first-order valence-corrected chi connectivity index (χ1v) is 8.14. The van der Waals surface area contributed by atoms with Gasteiger partial charge < -0.3 is 4.98 Å². The molecule has 0 aliphatic heterocycles. The predicted octanol–water partition coefficient (Wildman–Crippen LogP) is 2.90. The largest absolute Gasteiger partial charge is 0.358 e. The van der Waals surface area contributed by atoms with E-state index >= 15 is 0 Å². The molecule has 0 radical (unpaired) electrons. The third-order valence-electron chi connectivity index (χ3n) is 3.09. The van der Waals surface area contributed by atoms with Crippen LogP contribution in [-0.4, -0.2) is 18.7 Å². The molecule has 0 spiro atoms. The van der Waals surface area contributed by atoms with Crippen molar-refractivity contribution < 1.29 is 8.42 Å². The second kappa shape index (κ2) is 6.02. The number of rotatable bonds is 5. The highest BCUT2D eigenvalue weighted by molar-refractivity contribution is 7.93. The minimum absolute atomic E-state index is 0.340. The molecule has 0 saturated heterocycles. The number of aromatic nitrogens is 1. The zero-order valence-electron chi connectivity index (χ0n) is 11.9. The third-order valence-corrected chi connectivity index (χ3v) is 4.85. The Morgan fingerprint density at radius 3 is 2.43 bits per heavy atom. The number of sulfonamides is 1. The molecule has 0 atom stereocenters. The second-order valence-electron chi connectivity index (χ2n) is 5.01. The minimum atomic E-state index is -3.33. The molecule has 0 aliphatic rings. The predicted molar refractivity (Wildman–Crippen MR) is 83.2 cm³/mol. The molecule has 1 heterocycles. The molecule has 6 heteroatoms. The Balaban J connectivity index is 2.17. The van der Waals surface area contributed by atoms with Crippen molar-refractivity contribution in [2.45, 2.75) is 25.5 Å². The zero-order chi connectivity index (χ0) is 15.5. The summed E-state index contributed by atoms with van der Waals surface area (Å²) in [7, 11) is -3.33. The van der Waals surface area contributed by atoms with Gasteiger partial charge in [0.2, 0.25) is 10.0 Å². The summed E-state index contributed by atoms with van der Waals surface area (Å²) < 4.78 is 26.1. The average Bonchev–Trinajstić information content (AvgIpc) is 2.88. The van der Waals surface area contributed by atoms with E-state index in [1.807, 2.05) is 24.3 Å². The van der Waals surface area contributed by atoms with E-state index in [1.54, 1.807) is 26.0 Å². The Morgan fingerprint density at radius 1 is 1.19 bits per heavy atom. The van der Waals surface area contributed by atoms with Gasteiger partial charge in [-0.3, -0.25) is 4.72 Å². The molecular formula is C15H17N3O2S. The van der Waals surface area contributed by atoms with Gasteiger partial charge in [0.25, 0.3) is 0 Å². The molecule has 2 aromatic rings. The lowest BCUT2D eigenvalue weighted by Gasteiger charge is -2.11. The fraction of sp³-hybridized carbons (Fsp3) is 0.267. The summed E-state index contributed by atoms with van der Waals surface area (Å²) >= 11 is 0. The molecule has 21 heavy (non-hydrogen) atoms. The van der Waals surface area contributed by atoms with Gasteiger partial charge in [0.1, 0.15) is 0 Å². The SMILES string of the molecule is CC(C)S(=O)(=O)Nc1ccc(-c2ccc(CC#N)[nH]2)cc1. The van der Waals surface area contributed by atoms with E-state index < -0.39 is 15.3 Å². The highest BCUT2D eigenvalue weighted by atomic mass is 32.2. The van der Waals surface area contributed by atoms with E-state index in [-0.39, 0.29) is 0 Å². The molecule has 0 bridgehead atoms. The summed E-state index contributed by atoms with van der Waals surface area (Å²) in [5, 5.41) is 8.18. The van der Waals surface area contributed by atoms with E-state index in [0.717, 1.165) is 17.0 Å². The van der Waals surface area contributed by atoms with Crippen LogP contribution in [0.2, 0.25) is 0 Å². The summed E-state index contributed by atoms with van der Waals surface area (Å²) in [4.78, 5) is 3.16. The molecular weight excluding hydrogens is 286 g/mol. The molecule has 2 rings (SSSR count). The normalized spacial score (nSPS) is 11.3. The van der Waals surface area contributed by atoms with Crippen molar-refractivity contribution in [1.29, 1.82) is 5.26 Å². The standard InChI is InChI=1S/C15H17N3O2S/c1-11(2)21(19,20)18-14-5-3-12(4-6-14)15-8-7-13(17-15)9-10-16/h3-8,11,17-18H,9H2,1-2H3. The molecule has 1 aromatic carbocycles. The van der Waals surface area contributed by atoms with Crippen LogP contribution in [-0.2, 0) is 16.4 Å². The van der Waals surface area contributed by atoms with Crippen LogP contribution >= 0.6 is 0 Å². The van der Waals surface area contributed by atoms with Crippen LogP contribution in [0, 0.1) is 11.3 Å². The van der Waals surface area contributed by atoms with Gasteiger partial charge in [-0.25, -0.2) is 8.42 Å². The van der Waals surface area contributed by atoms with Crippen LogP contribution in [0.25, 0.3) is 11.3 Å². The summed E-state index contributed by atoms with van der Waals surface area (Å²) in [6.07, 6.45) is 0.340. The van der Waals surface area contributed by atoms with Gasteiger partial charge in [0.05, 0.1) is 17.7 Å². The van der Waals surface area contributed by atoms with Crippen LogP contribution in [0.15, 0.2) is 36.4 Å². The van der Waals surface area contributed by atoms with E-state index in [9.17, 15) is 8.42 Å². The first-order chi connectivity index (χ1) is 9.92. The number of aromatic amines is 1. The summed E-state index contributed by atoms with van der Waals surface area (Å²) in [5.41, 5.74) is 3.23. The van der Waals surface area contributed by atoms with E-state index in [0.29, 0.717) is 12.1 Å². The van der Waals surface area contributed by atoms with Gasteiger partial charge >= 0.3 is 0 Å². The number of nitrogens with zero attached hydrogens (tertiary/aromatic N) is 1. The minimum Gasteiger partial charge on any atom is -0.358 e. The van der Waals surface area contributed by atoms with Gasteiger partial charge in [-0.1, -0.05) is 12.1 Å². The fourth-order valence-electron chi connectivity index (χ4n) is 1.80. The van der Waals surface area contributed by atoms with Gasteiger partial charge in [-0.05, 0) is 43.7 Å². The summed E-state index contributed by atoms with van der Waals surface area (Å²) in [6.45, 7) is 3.26. The summed E-state index contributed by atoms with van der Waals surface area (Å²) in [5.74, 6) is 0. The van der Waals surface area contributed by atoms with Crippen molar-refractivity contribution in [3.63, 3.8) is 0 Å². The van der Waals surface area contributed by atoms with E-state index in [2.05, 4.69) is 15.8 Å². The van der Waals surface area contributed by atoms with Crippen molar-refractivity contribution >= 4 is 15.7 Å². The highest BCUT2D eigenvalue weighted by Gasteiger charge is 2.15. The second-order valence-corrected chi connectivity index (χ2v) is 7.24. The molecule has 0 unspecified atom stereocenters. The molecule has 0 saturated carbocycles. The van der Waals surface area contributed by atoms with E-state index in [4.69, 9.17) is 5.26 Å². The smallest absolute Gasteiger partial charge is 0.235 e. The molecule has 0 fully saturated rings. The van der Waals surface area contributed by atoms with Crippen LogP contribution in [0.1, 0.15) is 19.5 Å². The number of anilines is 1. The highest BCUT2D eigenvalue weighted by Crippen LogP contribution is 2.22. The number of hydrogen-bond donors (Lipinski definition) is 2. The molecule has 2 N–H and O–H groups in total. The first-order valence-electron chi connectivity index (χ1n) is 6.59. The van der Waals surface area contributed by atoms with E-state index in [1.165, 1.54) is 0 Å². The lowest BCUT2D eigenvalue weighted by atomic mass is 10.1. The van der Waals surface area contributed by atoms with Crippen molar-refractivity contribution in [2.75, 3.05) is 4.72 Å².